The Morgan fingerprint density at radius 3 is 2.62 bits per heavy atom. The van der Waals surface area contributed by atoms with Crippen molar-refractivity contribution in [2.45, 2.75) is 13.1 Å². The highest BCUT2D eigenvalue weighted by atomic mass is 16.6. The number of benzene rings is 1. The topological polar surface area (TPSA) is 109 Å². The van der Waals surface area contributed by atoms with E-state index >= 15 is 0 Å². The molecule has 1 heterocycles. The Bertz CT molecular complexity index is 868. The lowest BCUT2D eigenvalue weighted by atomic mass is 10.2. The van der Waals surface area contributed by atoms with E-state index in [4.69, 9.17) is 5.26 Å². The molecule has 1 amide bonds. The summed E-state index contributed by atoms with van der Waals surface area (Å²) in [5, 5.41) is 19.8. The zero-order chi connectivity index (χ0) is 17.7. The van der Waals surface area contributed by atoms with Crippen LogP contribution in [0.15, 0.2) is 47.4 Å². The fraction of sp³-hybridized carbons (Fsp3) is 0.188. The minimum Gasteiger partial charge on any atom is -0.340 e. The Morgan fingerprint density at radius 2 is 2.04 bits per heavy atom. The molecule has 0 spiro atoms. The average molecular weight is 326 g/mol. The number of likely N-dealkylation sites (N-methyl/N-ethyl adjacent to an activating group) is 1. The maximum absolute atomic E-state index is 12.3. The van der Waals surface area contributed by atoms with Gasteiger partial charge in [0.05, 0.1) is 11.1 Å². The van der Waals surface area contributed by atoms with Crippen LogP contribution in [0.4, 0.5) is 5.69 Å². The second-order valence-electron chi connectivity index (χ2n) is 5.15. The van der Waals surface area contributed by atoms with Crippen molar-refractivity contribution < 1.29 is 9.72 Å². The Balaban J connectivity index is 2.22. The van der Waals surface area contributed by atoms with Crippen LogP contribution < -0.4 is 5.56 Å². The molecule has 2 aromatic rings. The molecule has 0 radical (unpaired) electrons. The van der Waals surface area contributed by atoms with Crippen LogP contribution >= 0.6 is 0 Å². The number of carbonyl (C=O) groups excluding carboxylic acids is 1. The van der Waals surface area contributed by atoms with Gasteiger partial charge in [0, 0.05) is 19.7 Å². The Kier molecular flexibility index (Phi) is 5.06. The highest BCUT2D eigenvalue weighted by Gasteiger charge is 2.17. The zero-order valence-electron chi connectivity index (χ0n) is 12.9. The van der Waals surface area contributed by atoms with Crippen LogP contribution in [0.25, 0.3) is 0 Å². The highest BCUT2D eigenvalue weighted by molar-refractivity contribution is 5.75. The smallest absolute Gasteiger partial charge is 0.287 e. The first kappa shape index (κ1) is 16.9. The van der Waals surface area contributed by atoms with E-state index < -0.39 is 22.1 Å². The number of nitro groups is 1. The van der Waals surface area contributed by atoms with E-state index in [1.54, 1.807) is 13.1 Å². The van der Waals surface area contributed by atoms with E-state index in [1.165, 1.54) is 4.90 Å². The number of aromatic nitrogens is 1. The van der Waals surface area contributed by atoms with Gasteiger partial charge in [-0.3, -0.25) is 24.3 Å². The van der Waals surface area contributed by atoms with Gasteiger partial charge in [0.1, 0.15) is 18.2 Å². The number of carbonyl (C=O) groups is 1. The van der Waals surface area contributed by atoms with Gasteiger partial charge in [-0.15, -0.1) is 0 Å². The quantitative estimate of drug-likeness (QED) is 0.607. The summed E-state index contributed by atoms with van der Waals surface area (Å²) < 4.78 is 0.889. The average Bonchev–Trinajstić information content (AvgIpc) is 2.57. The third-order valence-corrected chi connectivity index (χ3v) is 3.40. The van der Waals surface area contributed by atoms with Crippen molar-refractivity contribution in [3.8, 4) is 6.07 Å². The molecule has 0 unspecified atom stereocenters. The van der Waals surface area contributed by atoms with Crippen LogP contribution in [0.5, 0.6) is 0 Å². The molecule has 0 saturated heterocycles. The largest absolute Gasteiger partial charge is 0.340 e. The van der Waals surface area contributed by atoms with Crippen molar-refractivity contribution in [3.63, 3.8) is 0 Å². The van der Waals surface area contributed by atoms with Crippen molar-refractivity contribution in [1.82, 2.24) is 9.47 Å². The molecule has 0 aliphatic rings. The van der Waals surface area contributed by atoms with Crippen molar-refractivity contribution >= 4 is 11.6 Å². The first-order valence-corrected chi connectivity index (χ1v) is 6.99. The van der Waals surface area contributed by atoms with Gasteiger partial charge < -0.3 is 4.90 Å². The van der Waals surface area contributed by atoms with Gasteiger partial charge >= 0.3 is 0 Å². The SMILES string of the molecule is CN(Cc1ccccc1)C(=O)Cn1cc([N+](=O)[O-])cc(C#N)c1=O. The molecule has 1 aromatic carbocycles. The van der Waals surface area contributed by atoms with Gasteiger partial charge in [-0.05, 0) is 5.56 Å². The van der Waals surface area contributed by atoms with E-state index in [-0.39, 0.29) is 12.1 Å². The van der Waals surface area contributed by atoms with Gasteiger partial charge in [0.25, 0.3) is 11.2 Å². The van der Waals surface area contributed by atoms with Gasteiger partial charge in [0.2, 0.25) is 5.91 Å². The number of hydrogen-bond donors (Lipinski definition) is 0. The summed E-state index contributed by atoms with van der Waals surface area (Å²) in [6.07, 6.45) is 0.970. The molecule has 122 valence electrons. The number of amides is 1. The third kappa shape index (κ3) is 3.84. The molecule has 24 heavy (non-hydrogen) atoms. The lowest BCUT2D eigenvalue weighted by Crippen LogP contribution is -2.34. The van der Waals surface area contributed by atoms with E-state index in [0.29, 0.717) is 6.54 Å². The van der Waals surface area contributed by atoms with Crippen LogP contribution in [-0.4, -0.2) is 27.3 Å². The molecule has 0 atom stereocenters. The van der Waals surface area contributed by atoms with E-state index in [2.05, 4.69) is 0 Å². The molecule has 1 aromatic heterocycles. The van der Waals surface area contributed by atoms with Gasteiger partial charge in [-0.2, -0.15) is 5.26 Å². The molecule has 2 rings (SSSR count). The summed E-state index contributed by atoms with van der Waals surface area (Å²) in [7, 11) is 1.57. The number of rotatable bonds is 5. The molecular formula is C16H14N4O4. The maximum atomic E-state index is 12.3. The normalized spacial score (nSPS) is 10.0. The van der Waals surface area contributed by atoms with Crippen LogP contribution in [0.1, 0.15) is 11.1 Å². The molecule has 0 aliphatic heterocycles. The van der Waals surface area contributed by atoms with Crippen molar-refractivity contribution in [1.29, 1.82) is 5.26 Å². The second kappa shape index (κ2) is 7.19. The predicted octanol–water partition coefficient (Wildman–Crippen LogP) is 1.29. The van der Waals surface area contributed by atoms with Crippen LogP contribution in [0.3, 0.4) is 0 Å². The fourth-order valence-electron chi connectivity index (χ4n) is 2.13. The molecule has 0 saturated carbocycles. The van der Waals surface area contributed by atoms with Crippen LogP contribution in [-0.2, 0) is 17.9 Å². The van der Waals surface area contributed by atoms with Crippen molar-refractivity contribution in [3.05, 3.63) is 74.2 Å². The monoisotopic (exact) mass is 326 g/mol. The molecule has 0 N–H and O–H groups in total. The van der Waals surface area contributed by atoms with Crippen LogP contribution in [0, 0.1) is 21.4 Å². The number of pyridine rings is 1. The lowest BCUT2D eigenvalue weighted by molar-refractivity contribution is -0.385. The summed E-state index contributed by atoms with van der Waals surface area (Å²) in [5.74, 6) is -0.398. The van der Waals surface area contributed by atoms with Crippen molar-refractivity contribution in [2.24, 2.45) is 0 Å². The number of hydrogen-bond acceptors (Lipinski definition) is 5. The highest BCUT2D eigenvalue weighted by Crippen LogP contribution is 2.10. The third-order valence-electron chi connectivity index (χ3n) is 3.40. The number of nitrogens with zero attached hydrogens (tertiary/aromatic N) is 4. The molecular weight excluding hydrogens is 312 g/mol. The van der Waals surface area contributed by atoms with Crippen LogP contribution in [0.2, 0.25) is 0 Å². The summed E-state index contributed by atoms with van der Waals surface area (Å²) in [4.78, 5) is 35.9. The zero-order valence-corrected chi connectivity index (χ0v) is 12.9. The molecule has 0 fully saturated rings. The second-order valence-corrected chi connectivity index (χ2v) is 5.15. The van der Waals surface area contributed by atoms with Gasteiger partial charge in [0.15, 0.2) is 0 Å². The lowest BCUT2D eigenvalue weighted by Gasteiger charge is -2.18. The molecule has 8 heteroatoms. The molecule has 0 aliphatic carbocycles. The summed E-state index contributed by atoms with van der Waals surface area (Å²) in [5.41, 5.74) is -0.602. The van der Waals surface area contributed by atoms with Gasteiger partial charge in [-0.25, -0.2) is 0 Å². The first-order valence-electron chi connectivity index (χ1n) is 6.99. The van der Waals surface area contributed by atoms with Gasteiger partial charge in [-0.1, -0.05) is 30.3 Å². The first-order chi connectivity index (χ1) is 11.4. The summed E-state index contributed by atoms with van der Waals surface area (Å²) in [6.45, 7) is -0.0347. The summed E-state index contributed by atoms with van der Waals surface area (Å²) >= 11 is 0. The number of nitriles is 1. The van der Waals surface area contributed by atoms with E-state index in [1.807, 2.05) is 30.3 Å². The maximum Gasteiger partial charge on any atom is 0.287 e. The predicted molar refractivity (Wildman–Crippen MR) is 85.0 cm³/mol. The Morgan fingerprint density at radius 1 is 1.38 bits per heavy atom. The molecule has 0 bridgehead atoms. The standard InChI is InChI=1S/C16H14N4O4/c1-18(9-12-5-3-2-4-6-12)15(21)11-19-10-14(20(23)24)7-13(8-17)16(19)22/h2-7,10H,9,11H2,1H3. The minimum absolute atomic E-state index is 0.342. The summed E-state index contributed by atoms with van der Waals surface area (Å²) in [6, 6.07) is 11.8. The van der Waals surface area contributed by atoms with E-state index in [0.717, 1.165) is 22.4 Å². The van der Waals surface area contributed by atoms with E-state index in [9.17, 15) is 19.7 Å². The minimum atomic E-state index is -0.732. The molecule has 8 nitrogen and oxygen atoms in total. The van der Waals surface area contributed by atoms with Crippen molar-refractivity contribution in [2.75, 3.05) is 7.05 Å². The Labute approximate surface area is 137 Å². The fourth-order valence-corrected chi connectivity index (χ4v) is 2.13. The Hall–Kier alpha value is -3.47.